The van der Waals surface area contributed by atoms with Crippen molar-refractivity contribution in [1.82, 2.24) is 15.1 Å². The fourth-order valence-electron chi connectivity index (χ4n) is 4.62. The summed E-state index contributed by atoms with van der Waals surface area (Å²) in [6.07, 6.45) is 1.78. The Hall–Kier alpha value is -3.10. The number of esters is 1. The Bertz CT molecular complexity index is 916. The van der Waals surface area contributed by atoms with E-state index in [0.29, 0.717) is 32.2 Å². The summed E-state index contributed by atoms with van der Waals surface area (Å²) in [4.78, 5) is 54.2. The van der Waals surface area contributed by atoms with Crippen molar-refractivity contribution in [2.45, 2.75) is 77.1 Å². The molecule has 2 aliphatic rings. The summed E-state index contributed by atoms with van der Waals surface area (Å²) in [6.45, 7) is 7.08. The quantitative estimate of drug-likeness (QED) is 0.634. The van der Waals surface area contributed by atoms with Crippen LogP contribution in [0.4, 0.5) is 4.79 Å². The number of ether oxygens (including phenoxy) is 2. The number of methoxy groups -OCH3 is 1. The van der Waals surface area contributed by atoms with Crippen LogP contribution in [-0.2, 0) is 36.7 Å². The van der Waals surface area contributed by atoms with Crippen LogP contribution in [-0.4, -0.2) is 77.6 Å². The maximum atomic E-state index is 13.5. The highest BCUT2D eigenvalue weighted by atomic mass is 16.6. The number of hydrogen-bond acceptors (Lipinski definition) is 6. The summed E-state index contributed by atoms with van der Waals surface area (Å²) in [6, 6.07) is 6.21. The van der Waals surface area contributed by atoms with Gasteiger partial charge in [-0.2, -0.15) is 0 Å². The number of carbonyl (C=O) groups is 4. The number of rotatable bonds is 6. The molecule has 0 unspecified atom stereocenters. The number of amides is 3. The minimum Gasteiger partial charge on any atom is -0.467 e. The van der Waals surface area contributed by atoms with E-state index in [9.17, 15) is 19.2 Å². The van der Waals surface area contributed by atoms with Gasteiger partial charge in [0.05, 0.1) is 7.11 Å². The fourth-order valence-corrected chi connectivity index (χ4v) is 4.62. The number of nitrogens with zero attached hydrogens (tertiary/aromatic N) is 2. The zero-order valence-electron chi connectivity index (χ0n) is 20.6. The van der Waals surface area contributed by atoms with Crippen LogP contribution in [0, 0.1) is 0 Å². The van der Waals surface area contributed by atoms with E-state index >= 15 is 0 Å². The van der Waals surface area contributed by atoms with Crippen molar-refractivity contribution < 1.29 is 28.7 Å². The van der Waals surface area contributed by atoms with E-state index in [4.69, 9.17) is 9.47 Å². The SMILES string of the molecule is COC(=O)[C@@H]1CCCN1C(=O)CN(C(=O)[C@H](C)NC(=O)OC(C)(C)C)C1Cc2ccccc2C1. The molecule has 0 radical (unpaired) electrons. The molecule has 2 atom stereocenters. The van der Waals surface area contributed by atoms with Gasteiger partial charge in [-0.05, 0) is 64.5 Å². The van der Waals surface area contributed by atoms with Crippen LogP contribution in [0.25, 0.3) is 0 Å². The van der Waals surface area contributed by atoms with Crippen LogP contribution in [0.5, 0.6) is 0 Å². The standard InChI is InChI=1S/C25H35N3O6/c1-16(26-24(32)34-25(2,3)4)22(30)28(19-13-17-9-6-7-10-18(17)14-19)15-21(29)27-12-8-11-20(27)23(31)33-5/h6-7,9-10,16,19-20H,8,11-15H2,1-5H3,(H,26,32)/t16-,20-/m0/s1. The lowest BCUT2D eigenvalue weighted by molar-refractivity contribution is -0.152. The molecule has 1 aromatic rings. The van der Waals surface area contributed by atoms with E-state index < -0.39 is 29.7 Å². The van der Waals surface area contributed by atoms with Gasteiger partial charge in [-0.25, -0.2) is 9.59 Å². The summed E-state index contributed by atoms with van der Waals surface area (Å²) in [5, 5.41) is 2.59. The molecule has 0 aromatic heterocycles. The molecule has 1 heterocycles. The molecule has 1 saturated heterocycles. The second-order valence-electron chi connectivity index (χ2n) is 9.93. The van der Waals surface area contributed by atoms with Crippen LogP contribution < -0.4 is 5.32 Å². The van der Waals surface area contributed by atoms with Crippen LogP contribution >= 0.6 is 0 Å². The van der Waals surface area contributed by atoms with Gasteiger partial charge in [0, 0.05) is 12.6 Å². The Morgan fingerprint density at radius 1 is 1.15 bits per heavy atom. The average Bonchev–Trinajstić information content (AvgIpc) is 3.42. The van der Waals surface area contributed by atoms with Gasteiger partial charge < -0.3 is 24.6 Å². The second-order valence-corrected chi connectivity index (χ2v) is 9.93. The van der Waals surface area contributed by atoms with Crippen LogP contribution in [0.3, 0.4) is 0 Å². The summed E-state index contributed by atoms with van der Waals surface area (Å²) >= 11 is 0. The van der Waals surface area contributed by atoms with Crippen molar-refractivity contribution in [3.8, 4) is 0 Å². The van der Waals surface area contributed by atoms with Crippen molar-refractivity contribution in [2.24, 2.45) is 0 Å². The van der Waals surface area contributed by atoms with E-state index in [1.54, 1.807) is 27.7 Å². The zero-order valence-corrected chi connectivity index (χ0v) is 20.6. The Morgan fingerprint density at radius 2 is 1.76 bits per heavy atom. The predicted molar refractivity (Wildman–Crippen MR) is 125 cm³/mol. The molecule has 34 heavy (non-hydrogen) atoms. The highest BCUT2D eigenvalue weighted by molar-refractivity contribution is 5.91. The topological polar surface area (TPSA) is 105 Å². The van der Waals surface area contributed by atoms with E-state index in [2.05, 4.69) is 5.32 Å². The summed E-state index contributed by atoms with van der Waals surface area (Å²) in [5.41, 5.74) is 1.58. The van der Waals surface area contributed by atoms with Crippen molar-refractivity contribution in [1.29, 1.82) is 0 Å². The number of hydrogen-bond donors (Lipinski definition) is 1. The number of likely N-dealkylation sites (tertiary alicyclic amines) is 1. The first-order valence-corrected chi connectivity index (χ1v) is 11.7. The first kappa shape index (κ1) is 25.5. The molecule has 1 fully saturated rings. The Morgan fingerprint density at radius 3 is 2.32 bits per heavy atom. The normalized spacial score (nSPS) is 18.7. The molecular weight excluding hydrogens is 438 g/mol. The van der Waals surface area contributed by atoms with Crippen molar-refractivity contribution in [2.75, 3.05) is 20.2 Å². The minimum absolute atomic E-state index is 0.175. The molecule has 0 saturated carbocycles. The molecule has 0 bridgehead atoms. The first-order valence-electron chi connectivity index (χ1n) is 11.7. The second kappa shape index (κ2) is 10.4. The lowest BCUT2D eigenvalue weighted by Crippen LogP contribution is -2.55. The molecule has 1 aliphatic carbocycles. The highest BCUT2D eigenvalue weighted by Crippen LogP contribution is 2.27. The fraction of sp³-hybridized carbons (Fsp3) is 0.600. The number of carbonyl (C=O) groups excluding carboxylic acids is 4. The van der Waals surface area contributed by atoms with E-state index in [-0.39, 0.29) is 24.4 Å². The van der Waals surface area contributed by atoms with Crippen LogP contribution in [0.1, 0.15) is 51.7 Å². The molecule has 9 nitrogen and oxygen atoms in total. The molecule has 1 aromatic carbocycles. The molecule has 186 valence electrons. The van der Waals surface area contributed by atoms with E-state index in [1.165, 1.54) is 16.9 Å². The molecule has 9 heteroatoms. The van der Waals surface area contributed by atoms with Gasteiger partial charge in [-0.15, -0.1) is 0 Å². The summed E-state index contributed by atoms with van der Waals surface area (Å²) in [5.74, 6) is -1.12. The van der Waals surface area contributed by atoms with Crippen molar-refractivity contribution in [3.05, 3.63) is 35.4 Å². The predicted octanol–water partition coefficient (Wildman–Crippen LogP) is 2.06. The van der Waals surface area contributed by atoms with Crippen LogP contribution in [0.15, 0.2) is 24.3 Å². The average molecular weight is 474 g/mol. The molecule has 0 spiro atoms. The van der Waals surface area contributed by atoms with E-state index in [1.807, 2.05) is 24.3 Å². The third-order valence-electron chi connectivity index (χ3n) is 6.21. The van der Waals surface area contributed by atoms with Gasteiger partial charge in [0.1, 0.15) is 24.2 Å². The smallest absolute Gasteiger partial charge is 0.408 e. The van der Waals surface area contributed by atoms with Gasteiger partial charge >= 0.3 is 12.1 Å². The molecule has 3 rings (SSSR count). The van der Waals surface area contributed by atoms with Gasteiger partial charge in [0.2, 0.25) is 11.8 Å². The largest absolute Gasteiger partial charge is 0.467 e. The van der Waals surface area contributed by atoms with Gasteiger partial charge in [-0.3, -0.25) is 9.59 Å². The Kier molecular flexibility index (Phi) is 7.84. The monoisotopic (exact) mass is 473 g/mol. The van der Waals surface area contributed by atoms with Gasteiger partial charge in [-0.1, -0.05) is 24.3 Å². The Labute approximate surface area is 200 Å². The maximum Gasteiger partial charge on any atom is 0.408 e. The Balaban J connectivity index is 1.77. The number of benzene rings is 1. The van der Waals surface area contributed by atoms with Crippen LogP contribution in [0.2, 0.25) is 0 Å². The summed E-state index contributed by atoms with van der Waals surface area (Å²) < 4.78 is 10.1. The third-order valence-corrected chi connectivity index (χ3v) is 6.21. The molecular formula is C25H35N3O6. The third kappa shape index (κ3) is 6.07. The highest BCUT2D eigenvalue weighted by Gasteiger charge is 2.39. The molecule has 1 aliphatic heterocycles. The van der Waals surface area contributed by atoms with Crippen molar-refractivity contribution in [3.63, 3.8) is 0 Å². The number of alkyl carbamates (subject to hydrolysis) is 1. The molecule has 3 amide bonds. The zero-order chi connectivity index (χ0) is 25.0. The summed E-state index contributed by atoms with van der Waals surface area (Å²) in [7, 11) is 1.30. The lowest BCUT2D eigenvalue weighted by Gasteiger charge is -2.33. The number of fused-ring (bicyclic) bond motifs is 1. The lowest BCUT2D eigenvalue weighted by atomic mass is 10.1. The van der Waals surface area contributed by atoms with E-state index in [0.717, 1.165) is 11.1 Å². The first-order chi connectivity index (χ1) is 16.0. The maximum absolute atomic E-state index is 13.5. The van der Waals surface area contributed by atoms with Gasteiger partial charge in [0.25, 0.3) is 0 Å². The minimum atomic E-state index is -0.888. The van der Waals surface area contributed by atoms with Crippen molar-refractivity contribution >= 4 is 23.9 Å². The number of nitrogens with one attached hydrogen (secondary N) is 1. The van der Waals surface area contributed by atoms with Gasteiger partial charge in [0.15, 0.2) is 0 Å². The molecule has 1 N–H and O–H groups in total.